The highest BCUT2D eigenvalue weighted by molar-refractivity contribution is 5.76. The lowest BCUT2D eigenvalue weighted by atomic mass is 9.73. The van der Waals surface area contributed by atoms with E-state index >= 15 is 0 Å². The van der Waals surface area contributed by atoms with Crippen LogP contribution in [0.2, 0.25) is 0 Å². The number of hydrogen-bond donors (Lipinski definition) is 0. The van der Waals surface area contributed by atoms with Crippen LogP contribution in [0.15, 0.2) is 35.1 Å². The largest absolute Gasteiger partial charge is 0.341 e. The minimum absolute atomic E-state index is 0.121. The van der Waals surface area contributed by atoms with Crippen molar-refractivity contribution in [2.45, 2.75) is 57.9 Å². The van der Waals surface area contributed by atoms with E-state index in [0.29, 0.717) is 25.5 Å². The van der Waals surface area contributed by atoms with Crippen LogP contribution in [-0.2, 0) is 16.8 Å². The van der Waals surface area contributed by atoms with Gasteiger partial charge in [0.1, 0.15) is 6.54 Å². The van der Waals surface area contributed by atoms with Gasteiger partial charge in [-0.2, -0.15) is 10.1 Å². The lowest BCUT2D eigenvalue weighted by Crippen LogP contribution is -2.47. The third-order valence-corrected chi connectivity index (χ3v) is 6.65. The number of amides is 1. The van der Waals surface area contributed by atoms with Gasteiger partial charge in [-0.25, -0.2) is 0 Å². The fraction of sp³-hybridized carbons (Fsp3) is 0.522. The molecule has 1 saturated carbocycles. The molecular formula is C23H28N6O2. The number of carbonyl (C=O) groups is 1. The summed E-state index contributed by atoms with van der Waals surface area (Å²) in [6, 6.07) is 5.80. The lowest BCUT2D eigenvalue weighted by molar-refractivity contribution is -0.133. The van der Waals surface area contributed by atoms with E-state index in [-0.39, 0.29) is 11.3 Å². The normalized spacial score (nSPS) is 18.3. The molecule has 0 bridgehead atoms. The summed E-state index contributed by atoms with van der Waals surface area (Å²) in [5, 5.41) is 8.82. The first-order valence-corrected chi connectivity index (χ1v) is 11.1. The van der Waals surface area contributed by atoms with Crippen LogP contribution in [0.1, 0.15) is 49.3 Å². The Bertz CT molecular complexity index is 1060. The molecule has 1 aliphatic heterocycles. The van der Waals surface area contributed by atoms with Gasteiger partial charge in [-0.1, -0.05) is 18.0 Å². The van der Waals surface area contributed by atoms with Gasteiger partial charge in [-0.3, -0.25) is 14.5 Å². The zero-order valence-electron chi connectivity index (χ0n) is 18.1. The number of carbonyl (C=O) groups excluding carboxylic acids is 1. The Morgan fingerprint density at radius 2 is 2.06 bits per heavy atom. The first-order chi connectivity index (χ1) is 15.0. The average molecular weight is 421 g/mol. The Hall–Kier alpha value is -3.03. The summed E-state index contributed by atoms with van der Waals surface area (Å²) in [7, 11) is 0. The molecule has 0 radical (unpaired) electrons. The number of pyridine rings is 1. The molecule has 5 rings (SSSR count). The first-order valence-electron chi connectivity index (χ1n) is 11.1. The molecule has 4 heterocycles. The molecule has 2 aliphatic rings. The number of aryl methyl sites for hydroxylation is 2. The van der Waals surface area contributed by atoms with Gasteiger partial charge in [0.25, 0.3) is 5.89 Å². The summed E-state index contributed by atoms with van der Waals surface area (Å²) in [6.07, 6.45) is 8.81. The number of hydrogen-bond acceptors (Lipinski definition) is 6. The summed E-state index contributed by atoms with van der Waals surface area (Å²) in [5.74, 6) is 2.15. The Morgan fingerprint density at radius 3 is 2.71 bits per heavy atom. The molecule has 0 atom stereocenters. The van der Waals surface area contributed by atoms with Crippen molar-refractivity contribution in [3.63, 3.8) is 0 Å². The number of likely N-dealkylation sites (tertiary alicyclic amines) is 1. The summed E-state index contributed by atoms with van der Waals surface area (Å²) < 4.78 is 7.40. The van der Waals surface area contributed by atoms with Crippen LogP contribution in [0.4, 0.5) is 0 Å². The maximum atomic E-state index is 12.9. The second kappa shape index (κ2) is 7.90. The second-order valence-electron chi connectivity index (χ2n) is 9.06. The highest BCUT2D eigenvalue weighted by Gasteiger charge is 2.44. The van der Waals surface area contributed by atoms with Crippen molar-refractivity contribution in [2.24, 2.45) is 5.92 Å². The molecule has 162 valence electrons. The monoisotopic (exact) mass is 420 g/mol. The molecule has 3 aromatic rings. The highest BCUT2D eigenvalue weighted by atomic mass is 16.5. The minimum atomic E-state index is -0.125. The quantitative estimate of drug-likeness (QED) is 0.608. The van der Waals surface area contributed by atoms with E-state index < -0.39 is 0 Å². The molecule has 2 fully saturated rings. The Balaban J connectivity index is 1.31. The smallest absolute Gasteiger partial charge is 0.259 e. The molecule has 0 unspecified atom stereocenters. The van der Waals surface area contributed by atoms with Gasteiger partial charge >= 0.3 is 0 Å². The summed E-state index contributed by atoms with van der Waals surface area (Å²) in [4.78, 5) is 23.8. The van der Waals surface area contributed by atoms with Crippen LogP contribution in [-0.4, -0.2) is 48.8 Å². The van der Waals surface area contributed by atoms with E-state index in [1.54, 1.807) is 17.1 Å². The highest BCUT2D eigenvalue weighted by Crippen LogP contribution is 2.46. The molecule has 8 heteroatoms. The van der Waals surface area contributed by atoms with Gasteiger partial charge in [0.05, 0.1) is 11.3 Å². The van der Waals surface area contributed by atoms with Crippen molar-refractivity contribution in [3.8, 4) is 11.5 Å². The van der Waals surface area contributed by atoms with E-state index in [4.69, 9.17) is 9.51 Å². The van der Waals surface area contributed by atoms with Crippen LogP contribution in [0.25, 0.3) is 11.5 Å². The van der Waals surface area contributed by atoms with E-state index in [9.17, 15) is 4.79 Å². The molecule has 0 N–H and O–H groups in total. The predicted octanol–water partition coefficient (Wildman–Crippen LogP) is 3.31. The van der Waals surface area contributed by atoms with Crippen molar-refractivity contribution >= 4 is 5.91 Å². The van der Waals surface area contributed by atoms with Gasteiger partial charge in [-0.05, 0) is 57.2 Å². The van der Waals surface area contributed by atoms with Crippen molar-refractivity contribution in [1.82, 2.24) is 29.8 Å². The van der Waals surface area contributed by atoms with E-state index in [1.807, 2.05) is 36.9 Å². The molecule has 8 nitrogen and oxygen atoms in total. The van der Waals surface area contributed by atoms with Gasteiger partial charge in [0.2, 0.25) is 5.91 Å². The Morgan fingerprint density at radius 1 is 1.26 bits per heavy atom. The predicted molar refractivity (Wildman–Crippen MR) is 114 cm³/mol. The van der Waals surface area contributed by atoms with E-state index in [0.717, 1.165) is 48.0 Å². The molecule has 1 amide bonds. The van der Waals surface area contributed by atoms with Crippen molar-refractivity contribution in [1.29, 1.82) is 0 Å². The fourth-order valence-corrected chi connectivity index (χ4v) is 4.69. The van der Waals surface area contributed by atoms with Crippen molar-refractivity contribution < 1.29 is 9.32 Å². The number of nitrogens with zero attached hydrogens (tertiary/aromatic N) is 6. The lowest BCUT2D eigenvalue weighted by Gasteiger charge is -2.40. The van der Waals surface area contributed by atoms with Crippen LogP contribution in [0.3, 0.4) is 0 Å². The van der Waals surface area contributed by atoms with Crippen LogP contribution in [0.5, 0.6) is 0 Å². The Kier molecular flexibility index (Phi) is 5.08. The maximum absolute atomic E-state index is 12.9. The van der Waals surface area contributed by atoms with Gasteiger partial charge in [0.15, 0.2) is 5.82 Å². The molecule has 0 spiro atoms. The Labute approximate surface area is 181 Å². The summed E-state index contributed by atoms with van der Waals surface area (Å²) in [5.41, 5.74) is 2.66. The van der Waals surface area contributed by atoms with Crippen LogP contribution >= 0.6 is 0 Å². The fourth-order valence-electron chi connectivity index (χ4n) is 4.69. The number of rotatable bonds is 6. The standard InChI is InChI=1S/C23H28N6O2/c1-16-12-17(2)29(26-16)15-20(30)28-10-7-23(8-11-28,13-18-5-6-18)22-25-21(31-27-22)19-4-3-9-24-14-19/h3-4,9,12,14,18H,5-8,10-11,13,15H2,1-2H3. The summed E-state index contributed by atoms with van der Waals surface area (Å²) in [6.45, 7) is 5.65. The van der Waals surface area contributed by atoms with E-state index in [2.05, 4.69) is 15.2 Å². The second-order valence-corrected chi connectivity index (χ2v) is 9.06. The molecule has 1 aliphatic carbocycles. The third-order valence-electron chi connectivity index (χ3n) is 6.65. The molecule has 31 heavy (non-hydrogen) atoms. The maximum Gasteiger partial charge on any atom is 0.259 e. The molecule has 1 saturated heterocycles. The van der Waals surface area contributed by atoms with Gasteiger partial charge in [0, 0.05) is 36.6 Å². The van der Waals surface area contributed by atoms with E-state index in [1.165, 1.54) is 12.8 Å². The van der Waals surface area contributed by atoms with Crippen molar-refractivity contribution in [3.05, 3.63) is 47.8 Å². The summed E-state index contributed by atoms with van der Waals surface area (Å²) >= 11 is 0. The van der Waals surface area contributed by atoms with Gasteiger partial charge < -0.3 is 9.42 Å². The molecular weight excluding hydrogens is 392 g/mol. The first kappa shape index (κ1) is 19.9. The SMILES string of the molecule is Cc1cc(C)n(CC(=O)N2CCC(CC3CC3)(c3noc(-c4cccnc4)n3)CC2)n1. The van der Waals surface area contributed by atoms with Crippen LogP contribution < -0.4 is 0 Å². The van der Waals surface area contributed by atoms with Crippen molar-refractivity contribution in [2.75, 3.05) is 13.1 Å². The average Bonchev–Trinajstić information content (AvgIpc) is 3.32. The molecule has 3 aromatic heterocycles. The minimum Gasteiger partial charge on any atom is -0.341 e. The van der Waals surface area contributed by atoms with Crippen LogP contribution in [0, 0.1) is 19.8 Å². The zero-order valence-corrected chi connectivity index (χ0v) is 18.1. The molecule has 0 aromatic carbocycles. The van der Waals surface area contributed by atoms with Gasteiger partial charge in [-0.15, -0.1) is 0 Å². The topological polar surface area (TPSA) is 89.9 Å². The number of aromatic nitrogens is 5. The third kappa shape index (κ3) is 4.11. The zero-order chi connectivity index (χ0) is 21.4. The number of piperidine rings is 1.